The van der Waals surface area contributed by atoms with Crippen LogP contribution >= 0.6 is 11.3 Å². The zero-order valence-corrected chi connectivity index (χ0v) is 13.3. The minimum Gasteiger partial charge on any atom is -0.382 e. The van der Waals surface area contributed by atoms with Gasteiger partial charge in [0, 0.05) is 19.7 Å². The lowest BCUT2D eigenvalue weighted by Crippen LogP contribution is -2.40. The number of likely N-dealkylation sites (N-methyl/N-ethyl adjacent to an activating group) is 1. The second kappa shape index (κ2) is 5.81. The van der Waals surface area contributed by atoms with E-state index in [0.717, 1.165) is 11.6 Å². The number of hydrogen-bond donors (Lipinski definition) is 2. The van der Waals surface area contributed by atoms with E-state index in [-0.39, 0.29) is 18.1 Å². The molecule has 1 aliphatic heterocycles. The number of anilines is 2. The molecule has 116 valence electrons. The van der Waals surface area contributed by atoms with Gasteiger partial charge in [-0.15, -0.1) is 0 Å². The Morgan fingerprint density at radius 2 is 2.24 bits per heavy atom. The Morgan fingerprint density at radius 3 is 2.81 bits per heavy atom. The Bertz CT molecular complexity index is 529. The number of rotatable bonds is 4. The average Bonchev–Trinajstić information content (AvgIpc) is 2.98. The quantitative estimate of drug-likeness (QED) is 0.888. The smallest absolute Gasteiger partial charge is 0.267 e. The fourth-order valence-electron chi connectivity index (χ4n) is 2.81. The molecule has 3 rings (SSSR count). The highest BCUT2D eigenvalue weighted by Gasteiger charge is 2.33. The summed E-state index contributed by atoms with van der Waals surface area (Å²) in [6.45, 7) is 2.71. The topological polar surface area (TPSA) is 80.5 Å². The van der Waals surface area contributed by atoms with Gasteiger partial charge >= 0.3 is 0 Å². The Balaban J connectivity index is 1.71. The van der Waals surface area contributed by atoms with Crippen LogP contribution in [0.3, 0.4) is 0 Å². The SMILES string of the molecule is CC1OCCC1N(C)C(=O)c1sc(NC2CCC2)nc1N. The number of nitrogens with one attached hydrogen (secondary N) is 1. The first kappa shape index (κ1) is 14.6. The normalized spacial score (nSPS) is 25.6. The number of hydrogen-bond acceptors (Lipinski definition) is 6. The lowest BCUT2D eigenvalue weighted by Gasteiger charge is -2.26. The minimum atomic E-state index is -0.0611. The lowest BCUT2D eigenvalue weighted by molar-refractivity contribution is 0.0579. The van der Waals surface area contributed by atoms with E-state index in [4.69, 9.17) is 10.5 Å². The van der Waals surface area contributed by atoms with Crippen LogP contribution in [-0.4, -0.2) is 47.6 Å². The van der Waals surface area contributed by atoms with Gasteiger partial charge in [0.15, 0.2) is 5.13 Å². The number of carbonyl (C=O) groups excluding carboxylic acids is 1. The van der Waals surface area contributed by atoms with Crippen molar-refractivity contribution in [1.29, 1.82) is 0 Å². The van der Waals surface area contributed by atoms with Gasteiger partial charge in [-0.05, 0) is 32.6 Å². The molecule has 0 radical (unpaired) electrons. The molecule has 2 atom stereocenters. The van der Waals surface area contributed by atoms with Gasteiger partial charge in [-0.1, -0.05) is 11.3 Å². The van der Waals surface area contributed by atoms with Crippen molar-refractivity contribution in [1.82, 2.24) is 9.88 Å². The van der Waals surface area contributed by atoms with Gasteiger partial charge in [-0.25, -0.2) is 4.98 Å². The number of nitrogens with zero attached hydrogens (tertiary/aromatic N) is 2. The molecule has 6 nitrogen and oxygen atoms in total. The maximum Gasteiger partial charge on any atom is 0.267 e. The molecule has 2 fully saturated rings. The molecule has 0 aromatic carbocycles. The van der Waals surface area contributed by atoms with Crippen LogP contribution in [0, 0.1) is 0 Å². The van der Waals surface area contributed by atoms with Crippen LogP contribution in [0.15, 0.2) is 0 Å². The zero-order valence-electron chi connectivity index (χ0n) is 12.5. The fraction of sp³-hybridized carbons (Fsp3) is 0.714. The van der Waals surface area contributed by atoms with Crippen molar-refractivity contribution in [2.24, 2.45) is 0 Å². The van der Waals surface area contributed by atoms with Crippen molar-refractivity contribution in [3.8, 4) is 0 Å². The fourth-order valence-corrected chi connectivity index (χ4v) is 3.76. The predicted octanol–water partition coefficient (Wildman–Crippen LogP) is 1.94. The summed E-state index contributed by atoms with van der Waals surface area (Å²) in [4.78, 5) is 19.2. The third-order valence-electron chi connectivity index (χ3n) is 4.43. The van der Waals surface area contributed by atoms with E-state index in [1.807, 2.05) is 14.0 Å². The number of amides is 1. The third kappa shape index (κ3) is 2.85. The molecule has 1 saturated heterocycles. The van der Waals surface area contributed by atoms with Crippen LogP contribution in [-0.2, 0) is 4.74 Å². The standard InChI is InChI=1S/C14H22N4O2S/c1-8-10(6-7-20-8)18(2)13(19)11-12(15)17-14(21-11)16-9-4-3-5-9/h8-10H,3-7,15H2,1-2H3,(H,16,17). The van der Waals surface area contributed by atoms with Crippen molar-refractivity contribution < 1.29 is 9.53 Å². The van der Waals surface area contributed by atoms with E-state index >= 15 is 0 Å². The molecule has 1 amide bonds. The van der Waals surface area contributed by atoms with E-state index in [1.54, 1.807) is 4.90 Å². The molecule has 0 bridgehead atoms. The van der Waals surface area contributed by atoms with Gasteiger partial charge in [0.1, 0.15) is 10.7 Å². The molecule has 2 aliphatic rings. The monoisotopic (exact) mass is 310 g/mol. The molecular weight excluding hydrogens is 288 g/mol. The molecular formula is C14H22N4O2S. The molecule has 0 spiro atoms. The van der Waals surface area contributed by atoms with Crippen molar-refractivity contribution in [3.63, 3.8) is 0 Å². The summed E-state index contributed by atoms with van der Waals surface area (Å²) in [5.41, 5.74) is 5.93. The lowest BCUT2D eigenvalue weighted by atomic mass is 9.93. The van der Waals surface area contributed by atoms with E-state index in [9.17, 15) is 4.79 Å². The zero-order chi connectivity index (χ0) is 15.0. The second-order valence-electron chi connectivity index (χ2n) is 5.85. The van der Waals surface area contributed by atoms with Crippen molar-refractivity contribution in [2.45, 2.75) is 50.8 Å². The highest BCUT2D eigenvalue weighted by atomic mass is 32.1. The van der Waals surface area contributed by atoms with E-state index < -0.39 is 0 Å². The predicted molar refractivity (Wildman–Crippen MR) is 83.7 cm³/mol. The number of carbonyl (C=O) groups is 1. The van der Waals surface area contributed by atoms with Crippen molar-refractivity contribution >= 4 is 28.2 Å². The first-order chi connectivity index (χ1) is 10.1. The molecule has 1 aliphatic carbocycles. The van der Waals surface area contributed by atoms with E-state index in [2.05, 4.69) is 10.3 Å². The van der Waals surface area contributed by atoms with Crippen molar-refractivity contribution in [2.75, 3.05) is 24.7 Å². The number of nitrogen functional groups attached to an aromatic ring is 1. The number of ether oxygens (including phenoxy) is 1. The molecule has 3 N–H and O–H groups in total. The largest absolute Gasteiger partial charge is 0.382 e. The van der Waals surface area contributed by atoms with E-state index in [0.29, 0.717) is 23.3 Å². The number of nitrogens with two attached hydrogens (primary N) is 1. The number of thiazole rings is 1. The molecule has 7 heteroatoms. The Hall–Kier alpha value is -1.34. The summed E-state index contributed by atoms with van der Waals surface area (Å²) in [6, 6.07) is 0.599. The molecule has 2 heterocycles. The van der Waals surface area contributed by atoms with Crippen LogP contribution < -0.4 is 11.1 Å². The summed E-state index contributed by atoms with van der Waals surface area (Å²) in [7, 11) is 1.82. The van der Waals surface area contributed by atoms with Crippen molar-refractivity contribution in [3.05, 3.63) is 4.88 Å². The van der Waals surface area contributed by atoms with E-state index in [1.165, 1.54) is 30.6 Å². The summed E-state index contributed by atoms with van der Waals surface area (Å²) < 4.78 is 5.53. The van der Waals surface area contributed by atoms with Crippen LogP contribution in [0.5, 0.6) is 0 Å². The van der Waals surface area contributed by atoms with Gasteiger partial charge < -0.3 is 20.7 Å². The third-order valence-corrected chi connectivity index (χ3v) is 5.42. The van der Waals surface area contributed by atoms with Gasteiger partial charge in [0.2, 0.25) is 0 Å². The molecule has 2 unspecified atom stereocenters. The Morgan fingerprint density at radius 1 is 1.48 bits per heavy atom. The maximum atomic E-state index is 12.6. The summed E-state index contributed by atoms with van der Waals surface area (Å²) in [5.74, 6) is 0.263. The van der Waals surface area contributed by atoms with Crippen LogP contribution in [0.1, 0.15) is 42.3 Å². The minimum absolute atomic E-state index is 0.0611. The van der Waals surface area contributed by atoms with Gasteiger partial charge in [-0.3, -0.25) is 4.79 Å². The Labute approximate surface area is 128 Å². The van der Waals surface area contributed by atoms with Crippen LogP contribution in [0.25, 0.3) is 0 Å². The summed E-state index contributed by atoms with van der Waals surface area (Å²) in [5, 5.41) is 4.10. The summed E-state index contributed by atoms with van der Waals surface area (Å²) >= 11 is 1.35. The average molecular weight is 310 g/mol. The highest BCUT2D eigenvalue weighted by Crippen LogP contribution is 2.31. The number of aromatic nitrogens is 1. The van der Waals surface area contributed by atoms with Gasteiger partial charge in [0.25, 0.3) is 5.91 Å². The van der Waals surface area contributed by atoms with Crippen LogP contribution in [0.4, 0.5) is 10.9 Å². The maximum absolute atomic E-state index is 12.6. The van der Waals surface area contributed by atoms with Crippen LogP contribution in [0.2, 0.25) is 0 Å². The first-order valence-electron chi connectivity index (χ1n) is 7.48. The molecule has 1 aromatic heterocycles. The Kier molecular flexibility index (Phi) is 4.03. The summed E-state index contributed by atoms with van der Waals surface area (Å²) in [6.07, 6.45) is 4.53. The van der Waals surface area contributed by atoms with Gasteiger partial charge in [0.05, 0.1) is 12.1 Å². The second-order valence-corrected chi connectivity index (χ2v) is 6.85. The molecule has 1 saturated carbocycles. The molecule has 21 heavy (non-hydrogen) atoms. The molecule has 1 aromatic rings. The first-order valence-corrected chi connectivity index (χ1v) is 8.29. The highest BCUT2D eigenvalue weighted by molar-refractivity contribution is 7.18. The van der Waals surface area contributed by atoms with Gasteiger partial charge in [-0.2, -0.15) is 0 Å².